The lowest BCUT2D eigenvalue weighted by molar-refractivity contribution is 0.443. The topological polar surface area (TPSA) is 54.3 Å². The first kappa shape index (κ1) is 14.9. The second kappa shape index (κ2) is 6.30. The molecular formula is C12H21N3O2S2. The lowest BCUT2D eigenvalue weighted by Crippen LogP contribution is -2.37. The number of hydrogen-bond donors (Lipinski definition) is 1. The van der Waals surface area contributed by atoms with Gasteiger partial charge in [-0.1, -0.05) is 6.92 Å². The van der Waals surface area contributed by atoms with Gasteiger partial charge >= 0.3 is 0 Å². The van der Waals surface area contributed by atoms with E-state index < -0.39 is 10.0 Å². The van der Waals surface area contributed by atoms with Crippen molar-refractivity contribution in [3.05, 3.63) is 18.0 Å². The van der Waals surface area contributed by atoms with Crippen LogP contribution in [0, 0.1) is 0 Å². The van der Waals surface area contributed by atoms with Crippen molar-refractivity contribution in [1.82, 2.24) is 14.2 Å². The van der Waals surface area contributed by atoms with Crippen LogP contribution in [-0.4, -0.2) is 48.4 Å². The molecule has 0 aliphatic carbocycles. The molecule has 2 rings (SSSR count). The molecule has 108 valence electrons. The monoisotopic (exact) mass is 303 g/mol. The minimum Gasteiger partial charge on any atom is -0.352 e. The maximum absolute atomic E-state index is 12.5. The molecule has 0 saturated carbocycles. The first-order chi connectivity index (χ1) is 9.05. The summed E-state index contributed by atoms with van der Waals surface area (Å²) in [5, 5.41) is 3.22. The second-order valence-corrected chi connectivity index (χ2v) is 7.74. The van der Waals surface area contributed by atoms with E-state index in [-0.39, 0.29) is 0 Å². The Morgan fingerprint density at radius 3 is 2.68 bits per heavy atom. The molecule has 0 spiro atoms. The van der Waals surface area contributed by atoms with E-state index in [0.29, 0.717) is 24.5 Å². The number of rotatable bonds is 5. The third-order valence-corrected chi connectivity index (χ3v) is 6.05. The summed E-state index contributed by atoms with van der Waals surface area (Å²) < 4.78 is 28.5. The Hall–Kier alpha value is -0.500. The van der Waals surface area contributed by atoms with Crippen LogP contribution < -0.4 is 5.32 Å². The van der Waals surface area contributed by atoms with E-state index in [0.717, 1.165) is 23.7 Å². The fourth-order valence-corrected chi connectivity index (χ4v) is 4.75. The van der Waals surface area contributed by atoms with E-state index in [1.807, 2.05) is 30.3 Å². The van der Waals surface area contributed by atoms with Gasteiger partial charge in [0.25, 0.3) is 0 Å². The average molecular weight is 303 g/mol. The second-order valence-electron chi connectivity index (χ2n) is 4.57. The highest BCUT2D eigenvalue weighted by Crippen LogP contribution is 2.21. The van der Waals surface area contributed by atoms with E-state index in [4.69, 9.17) is 0 Å². The average Bonchev–Trinajstić information content (AvgIpc) is 2.79. The first-order valence-corrected chi connectivity index (χ1v) is 9.09. The predicted molar refractivity (Wildman–Crippen MR) is 78.9 cm³/mol. The molecule has 0 aromatic carbocycles. The molecule has 1 fully saturated rings. The Balaban J connectivity index is 2.20. The summed E-state index contributed by atoms with van der Waals surface area (Å²) >= 11 is 1.81. The van der Waals surface area contributed by atoms with Crippen molar-refractivity contribution in [2.24, 2.45) is 7.05 Å². The lowest BCUT2D eigenvalue weighted by Gasteiger charge is -2.24. The molecule has 1 aliphatic heterocycles. The van der Waals surface area contributed by atoms with Gasteiger partial charge in [0.1, 0.15) is 4.90 Å². The summed E-state index contributed by atoms with van der Waals surface area (Å²) in [6.07, 6.45) is 1.71. The van der Waals surface area contributed by atoms with Gasteiger partial charge in [-0.3, -0.25) is 0 Å². The quantitative estimate of drug-likeness (QED) is 0.877. The third-order valence-electron chi connectivity index (χ3n) is 3.25. The molecular weight excluding hydrogens is 282 g/mol. The number of thioether (sulfide) groups is 1. The van der Waals surface area contributed by atoms with Gasteiger partial charge in [-0.15, -0.1) is 0 Å². The summed E-state index contributed by atoms with van der Waals surface area (Å²) in [4.78, 5) is 0.412. The van der Waals surface area contributed by atoms with Crippen LogP contribution in [-0.2, 0) is 23.6 Å². The van der Waals surface area contributed by atoms with Crippen LogP contribution in [0.4, 0.5) is 0 Å². The van der Waals surface area contributed by atoms with Crippen molar-refractivity contribution < 1.29 is 8.42 Å². The molecule has 0 radical (unpaired) electrons. The van der Waals surface area contributed by atoms with Crippen molar-refractivity contribution in [1.29, 1.82) is 0 Å². The van der Waals surface area contributed by atoms with Crippen LogP contribution in [0.3, 0.4) is 0 Å². The Labute approximate surface area is 119 Å². The largest absolute Gasteiger partial charge is 0.352 e. The van der Waals surface area contributed by atoms with Gasteiger partial charge in [0, 0.05) is 50.1 Å². The number of nitrogens with zero attached hydrogens (tertiary/aromatic N) is 2. The maximum atomic E-state index is 12.5. The molecule has 19 heavy (non-hydrogen) atoms. The molecule has 2 heterocycles. The van der Waals surface area contributed by atoms with Crippen molar-refractivity contribution in [3.63, 3.8) is 0 Å². The summed E-state index contributed by atoms with van der Waals surface area (Å²) in [6, 6.07) is 1.78. The van der Waals surface area contributed by atoms with Crippen molar-refractivity contribution in [2.75, 3.05) is 31.1 Å². The summed E-state index contributed by atoms with van der Waals surface area (Å²) in [7, 11) is -1.43. The molecule has 1 aromatic heterocycles. The van der Waals surface area contributed by atoms with Crippen LogP contribution in [0.25, 0.3) is 0 Å². The number of aryl methyl sites for hydroxylation is 1. The molecule has 0 bridgehead atoms. The van der Waals surface area contributed by atoms with Crippen LogP contribution in [0.15, 0.2) is 17.2 Å². The zero-order valence-electron chi connectivity index (χ0n) is 11.4. The fourth-order valence-electron chi connectivity index (χ4n) is 2.08. The van der Waals surface area contributed by atoms with Gasteiger partial charge in [0.05, 0.1) is 0 Å². The molecule has 0 unspecified atom stereocenters. The van der Waals surface area contributed by atoms with E-state index in [9.17, 15) is 8.42 Å². The number of hydrogen-bond acceptors (Lipinski definition) is 4. The summed E-state index contributed by atoms with van der Waals surface area (Å²) in [5.41, 5.74) is 0.992. The van der Waals surface area contributed by atoms with Crippen LogP contribution >= 0.6 is 11.8 Å². The van der Waals surface area contributed by atoms with Gasteiger partial charge < -0.3 is 9.88 Å². The molecule has 7 heteroatoms. The molecule has 0 atom stereocenters. The van der Waals surface area contributed by atoms with Crippen molar-refractivity contribution >= 4 is 21.8 Å². The van der Waals surface area contributed by atoms with Crippen LogP contribution in [0.1, 0.15) is 12.6 Å². The van der Waals surface area contributed by atoms with Crippen LogP contribution in [0.5, 0.6) is 0 Å². The van der Waals surface area contributed by atoms with Gasteiger partial charge in [0.2, 0.25) is 10.0 Å². The third kappa shape index (κ3) is 3.34. The Kier molecular flexibility index (Phi) is 4.94. The lowest BCUT2D eigenvalue weighted by atomic mass is 10.4. The van der Waals surface area contributed by atoms with Gasteiger partial charge in [-0.25, -0.2) is 8.42 Å². The maximum Gasteiger partial charge on any atom is 0.244 e. The first-order valence-electron chi connectivity index (χ1n) is 6.49. The van der Waals surface area contributed by atoms with E-state index in [2.05, 4.69) is 5.32 Å². The van der Waals surface area contributed by atoms with Crippen molar-refractivity contribution in [2.45, 2.75) is 18.4 Å². The number of nitrogens with one attached hydrogen (secondary N) is 1. The minimum atomic E-state index is -3.32. The standard InChI is InChI=1S/C12H21N3O2S2/c1-3-13-9-11-8-12(10-14(11)2)19(16,17)15-4-6-18-7-5-15/h8,10,13H,3-7,9H2,1-2H3. The predicted octanol–water partition coefficient (Wildman–Crippen LogP) is 0.872. The molecule has 1 aliphatic rings. The van der Waals surface area contributed by atoms with E-state index in [1.54, 1.807) is 16.6 Å². The normalized spacial score (nSPS) is 17.8. The zero-order chi connectivity index (χ0) is 13.9. The molecule has 0 amide bonds. The highest BCUT2D eigenvalue weighted by molar-refractivity contribution is 7.99. The van der Waals surface area contributed by atoms with Crippen molar-refractivity contribution in [3.8, 4) is 0 Å². The molecule has 1 saturated heterocycles. The molecule has 1 N–H and O–H groups in total. The molecule has 1 aromatic rings. The van der Waals surface area contributed by atoms with E-state index >= 15 is 0 Å². The number of sulfonamides is 1. The molecule has 5 nitrogen and oxygen atoms in total. The SMILES string of the molecule is CCNCc1cc(S(=O)(=O)N2CCSCC2)cn1C. The van der Waals surface area contributed by atoms with Gasteiger partial charge in [-0.2, -0.15) is 16.1 Å². The Morgan fingerprint density at radius 1 is 1.37 bits per heavy atom. The zero-order valence-corrected chi connectivity index (χ0v) is 13.1. The fraction of sp³-hybridized carbons (Fsp3) is 0.667. The van der Waals surface area contributed by atoms with E-state index in [1.165, 1.54) is 0 Å². The van der Waals surface area contributed by atoms with Gasteiger partial charge in [0.15, 0.2) is 0 Å². The van der Waals surface area contributed by atoms with Crippen LogP contribution in [0.2, 0.25) is 0 Å². The summed E-state index contributed by atoms with van der Waals surface area (Å²) in [6.45, 7) is 4.83. The highest BCUT2D eigenvalue weighted by atomic mass is 32.2. The smallest absolute Gasteiger partial charge is 0.244 e. The Morgan fingerprint density at radius 2 is 2.05 bits per heavy atom. The number of aromatic nitrogens is 1. The van der Waals surface area contributed by atoms with Gasteiger partial charge in [-0.05, 0) is 12.6 Å². The minimum absolute atomic E-state index is 0.412. The Bertz CT molecular complexity index is 519. The summed E-state index contributed by atoms with van der Waals surface area (Å²) in [5.74, 6) is 1.77. The highest BCUT2D eigenvalue weighted by Gasteiger charge is 2.27.